The van der Waals surface area contributed by atoms with Crippen LogP contribution in [-0.2, 0) is 16.1 Å². The number of rotatable bonds is 12. The van der Waals surface area contributed by atoms with E-state index in [1.54, 1.807) is 25.6 Å². The van der Waals surface area contributed by atoms with Crippen LogP contribution in [0.5, 0.6) is 5.75 Å². The van der Waals surface area contributed by atoms with Crippen LogP contribution in [0.3, 0.4) is 0 Å². The molecular formula is C33H37ClN6O3. The maximum Gasteiger partial charge on any atom is 0.223 e. The van der Waals surface area contributed by atoms with Gasteiger partial charge < -0.3 is 15.0 Å². The Morgan fingerprint density at radius 1 is 1.05 bits per heavy atom. The zero-order valence-corrected chi connectivity index (χ0v) is 25.3. The second kappa shape index (κ2) is 14.3. The Bertz CT molecular complexity index is 1520. The predicted molar refractivity (Wildman–Crippen MR) is 166 cm³/mol. The number of carbonyl (C=O) groups is 2. The van der Waals surface area contributed by atoms with E-state index in [0.29, 0.717) is 35.5 Å². The van der Waals surface area contributed by atoms with Crippen LogP contribution in [0.15, 0.2) is 73.1 Å². The second-order valence-corrected chi connectivity index (χ2v) is 11.2. The van der Waals surface area contributed by atoms with Gasteiger partial charge in [-0.25, -0.2) is 9.67 Å². The van der Waals surface area contributed by atoms with Crippen LogP contribution in [0.1, 0.15) is 57.1 Å². The molecule has 0 saturated heterocycles. The number of methoxy groups -OCH3 is 1. The Hall–Kier alpha value is -4.24. The first-order valence-corrected chi connectivity index (χ1v) is 15.1. The van der Waals surface area contributed by atoms with Gasteiger partial charge >= 0.3 is 0 Å². The van der Waals surface area contributed by atoms with Gasteiger partial charge in [0.1, 0.15) is 5.75 Å². The number of ether oxygens (including phenoxy) is 1. The summed E-state index contributed by atoms with van der Waals surface area (Å²) in [6.07, 6.45) is 7.82. The molecular weight excluding hydrogens is 564 g/mol. The molecule has 0 unspecified atom stereocenters. The zero-order chi connectivity index (χ0) is 30.2. The fraction of sp³-hybridized carbons (Fsp3) is 0.364. The van der Waals surface area contributed by atoms with E-state index in [2.05, 4.69) is 10.3 Å². The van der Waals surface area contributed by atoms with E-state index in [9.17, 15) is 9.59 Å². The maximum atomic E-state index is 13.6. The molecule has 1 atom stereocenters. The minimum absolute atomic E-state index is 0.0158. The van der Waals surface area contributed by atoms with Crippen molar-refractivity contribution in [2.45, 2.75) is 64.1 Å². The molecule has 1 saturated carbocycles. The molecule has 0 aliphatic heterocycles. The number of halogens is 1. The molecule has 224 valence electrons. The average molecular weight is 601 g/mol. The van der Waals surface area contributed by atoms with Crippen molar-refractivity contribution in [3.05, 3.63) is 83.6 Å². The minimum atomic E-state index is -0.131. The number of hydrogen-bond donors (Lipinski definition) is 1. The van der Waals surface area contributed by atoms with E-state index >= 15 is 0 Å². The number of benzene rings is 2. The largest absolute Gasteiger partial charge is 0.495 e. The number of pyridine rings is 1. The van der Waals surface area contributed by atoms with E-state index in [4.69, 9.17) is 26.4 Å². The third-order valence-electron chi connectivity index (χ3n) is 7.90. The summed E-state index contributed by atoms with van der Waals surface area (Å²) in [4.78, 5) is 37.2. The molecule has 2 aromatic heterocycles. The third-order valence-corrected chi connectivity index (χ3v) is 8.20. The molecule has 43 heavy (non-hydrogen) atoms. The molecule has 2 aromatic carbocycles. The number of hydrogen-bond acceptors (Lipinski definition) is 6. The van der Waals surface area contributed by atoms with Gasteiger partial charge in [-0.2, -0.15) is 5.10 Å². The Kier molecular flexibility index (Phi) is 10.0. The maximum absolute atomic E-state index is 13.6. The van der Waals surface area contributed by atoms with Gasteiger partial charge in [0.2, 0.25) is 11.8 Å². The van der Waals surface area contributed by atoms with Crippen LogP contribution < -0.4 is 10.1 Å². The van der Waals surface area contributed by atoms with Crippen molar-refractivity contribution in [2.75, 3.05) is 13.7 Å². The van der Waals surface area contributed by atoms with Crippen molar-refractivity contribution >= 4 is 23.4 Å². The van der Waals surface area contributed by atoms with Crippen molar-refractivity contribution in [1.29, 1.82) is 0 Å². The van der Waals surface area contributed by atoms with Crippen LogP contribution in [-0.4, -0.2) is 56.2 Å². The Labute approximate surface area is 257 Å². The van der Waals surface area contributed by atoms with Crippen LogP contribution in [0.4, 0.5) is 0 Å². The monoisotopic (exact) mass is 600 g/mol. The van der Waals surface area contributed by atoms with Gasteiger partial charge in [-0.1, -0.05) is 54.8 Å². The van der Waals surface area contributed by atoms with Gasteiger partial charge in [-0.05, 0) is 55.7 Å². The van der Waals surface area contributed by atoms with Gasteiger partial charge in [0, 0.05) is 48.9 Å². The highest BCUT2D eigenvalue weighted by Crippen LogP contribution is 2.31. The standard InChI is InChI=1S/C33H37ClN6O3/c1-23(24-8-4-3-5-9-24)36-30(41)14-15-31(42)39(27-10-6-7-11-27)20-21-40-33(26-12-13-29(43-2)28(34)22-26)37-32(38-40)25-16-18-35-19-17-25/h3-5,8-9,12-13,16-19,22-23,27H,6-7,10-11,14-15,20-21H2,1-2H3,(H,36,41)/t23-/m0/s1. The van der Waals surface area contributed by atoms with E-state index in [1.165, 1.54) is 0 Å². The number of nitrogens with one attached hydrogen (secondary N) is 1. The normalized spacial score (nSPS) is 13.9. The number of carbonyl (C=O) groups excluding carboxylic acids is 2. The first kappa shape index (κ1) is 30.2. The lowest BCUT2D eigenvalue weighted by atomic mass is 10.1. The molecule has 10 heteroatoms. The lowest BCUT2D eigenvalue weighted by molar-refractivity contribution is -0.135. The highest BCUT2D eigenvalue weighted by Gasteiger charge is 2.27. The summed E-state index contributed by atoms with van der Waals surface area (Å²) in [7, 11) is 1.58. The van der Waals surface area contributed by atoms with Gasteiger partial charge in [-0.15, -0.1) is 0 Å². The molecule has 5 rings (SSSR count). The summed E-state index contributed by atoms with van der Waals surface area (Å²) >= 11 is 6.46. The third kappa shape index (κ3) is 7.59. The summed E-state index contributed by atoms with van der Waals surface area (Å²) in [5.41, 5.74) is 2.67. The minimum Gasteiger partial charge on any atom is -0.495 e. The van der Waals surface area contributed by atoms with E-state index in [1.807, 2.05) is 71.1 Å². The lowest BCUT2D eigenvalue weighted by Crippen LogP contribution is -2.41. The van der Waals surface area contributed by atoms with Crippen LogP contribution in [0, 0.1) is 0 Å². The highest BCUT2D eigenvalue weighted by atomic mass is 35.5. The van der Waals surface area contributed by atoms with Gasteiger partial charge in [0.15, 0.2) is 11.6 Å². The quantitative estimate of drug-likeness (QED) is 0.211. The van der Waals surface area contributed by atoms with Crippen molar-refractivity contribution in [3.8, 4) is 28.5 Å². The van der Waals surface area contributed by atoms with Crippen LogP contribution in [0.25, 0.3) is 22.8 Å². The summed E-state index contributed by atoms with van der Waals surface area (Å²) in [5.74, 6) is 1.63. The molecule has 2 amide bonds. The summed E-state index contributed by atoms with van der Waals surface area (Å²) in [6.45, 7) is 2.85. The highest BCUT2D eigenvalue weighted by molar-refractivity contribution is 6.32. The number of amides is 2. The molecule has 1 fully saturated rings. The molecule has 1 aliphatic rings. The van der Waals surface area contributed by atoms with E-state index in [-0.39, 0.29) is 36.7 Å². The molecule has 0 radical (unpaired) electrons. The summed E-state index contributed by atoms with van der Waals surface area (Å²) in [6, 6.07) is 19.1. The van der Waals surface area contributed by atoms with Crippen molar-refractivity contribution < 1.29 is 14.3 Å². The van der Waals surface area contributed by atoms with Crippen molar-refractivity contribution in [3.63, 3.8) is 0 Å². The number of nitrogens with zero attached hydrogens (tertiary/aromatic N) is 5. The molecule has 2 heterocycles. The van der Waals surface area contributed by atoms with Crippen molar-refractivity contribution in [1.82, 2.24) is 30.0 Å². The second-order valence-electron chi connectivity index (χ2n) is 10.8. The molecule has 1 N–H and O–H groups in total. The summed E-state index contributed by atoms with van der Waals surface area (Å²) < 4.78 is 7.16. The fourth-order valence-electron chi connectivity index (χ4n) is 5.57. The van der Waals surface area contributed by atoms with Crippen molar-refractivity contribution in [2.24, 2.45) is 0 Å². The Balaban J connectivity index is 1.31. The zero-order valence-electron chi connectivity index (χ0n) is 24.6. The first-order valence-electron chi connectivity index (χ1n) is 14.8. The molecule has 0 spiro atoms. The van der Waals surface area contributed by atoms with Gasteiger partial charge in [0.25, 0.3) is 0 Å². The molecule has 4 aromatic rings. The van der Waals surface area contributed by atoms with Crippen LogP contribution in [0.2, 0.25) is 5.02 Å². The molecule has 0 bridgehead atoms. The SMILES string of the molecule is COc1ccc(-c2nc(-c3ccncc3)nn2CCN(C(=O)CCC(=O)N[C@@H](C)c2ccccc2)C2CCCC2)cc1Cl. The fourth-order valence-corrected chi connectivity index (χ4v) is 5.83. The molecule has 1 aliphatic carbocycles. The molecule has 9 nitrogen and oxygen atoms in total. The number of aromatic nitrogens is 4. The van der Waals surface area contributed by atoms with Gasteiger partial charge in [-0.3, -0.25) is 14.6 Å². The van der Waals surface area contributed by atoms with E-state index < -0.39 is 0 Å². The average Bonchev–Trinajstić information content (AvgIpc) is 3.72. The first-order chi connectivity index (χ1) is 20.9. The Morgan fingerprint density at radius 3 is 2.49 bits per heavy atom. The summed E-state index contributed by atoms with van der Waals surface area (Å²) in [5, 5.41) is 8.32. The predicted octanol–water partition coefficient (Wildman–Crippen LogP) is 6.10. The smallest absolute Gasteiger partial charge is 0.223 e. The lowest BCUT2D eigenvalue weighted by Gasteiger charge is -2.29. The topological polar surface area (TPSA) is 102 Å². The van der Waals surface area contributed by atoms with E-state index in [0.717, 1.165) is 42.4 Å². The Morgan fingerprint density at radius 2 is 1.79 bits per heavy atom. The van der Waals surface area contributed by atoms with Crippen LogP contribution >= 0.6 is 11.6 Å². The van der Waals surface area contributed by atoms with Gasteiger partial charge in [0.05, 0.1) is 24.7 Å².